The van der Waals surface area contributed by atoms with Crippen LogP contribution in [-0.2, 0) is 9.53 Å². The SMILES string of the molecule is COc1ccc([C@@H]2Nc3ncnn3[C@@H](c3ccccc3)[C@H]2NC(=O)CN2CCOCC2)cc1. The zero-order valence-corrected chi connectivity index (χ0v) is 18.6. The molecular weight excluding hydrogens is 420 g/mol. The molecule has 3 atom stereocenters. The van der Waals surface area contributed by atoms with E-state index >= 15 is 0 Å². The van der Waals surface area contributed by atoms with Crippen molar-refractivity contribution in [2.45, 2.75) is 18.1 Å². The Morgan fingerprint density at radius 1 is 1.12 bits per heavy atom. The van der Waals surface area contributed by atoms with Crippen LogP contribution in [0, 0.1) is 0 Å². The molecule has 1 aromatic heterocycles. The van der Waals surface area contributed by atoms with E-state index < -0.39 is 0 Å². The number of hydrogen-bond donors (Lipinski definition) is 2. The molecule has 3 aromatic rings. The fourth-order valence-corrected chi connectivity index (χ4v) is 4.58. The van der Waals surface area contributed by atoms with Crippen LogP contribution in [0.2, 0.25) is 0 Å². The summed E-state index contributed by atoms with van der Waals surface area (Å²) in [6, 6.07) is 17.3. The van der Waals surface area contributed by atoms with E-state index in [0.29, 0.717) is 25.7 Å². The van der Waals surface area contributed by atoms with E-state index in [1.807, 2.05) is 47.1 Å². The third-order valence-corrected chi connectivity index (χ3v) is 6.24. The highest BCUT2D eigenvalue weighted by Gasteiger charge is 2.40. The predicted octanol–water partition coefficient (Wildman–Crippen LogP) is 1.86. The Bertz CT molecular complexity index is 1070. The van der Waals surface area contributed by atoms with Crippen molar-refractivity contribution in [1.82, 2.24) is 25.0 Å². The normalized spacial score (nSPS) is 22.8. The van der Waals surface area contributed by atoms with E-state index in [4.69, 9.17) is 9.47 Å². The second-order valence-electron chi connectivity index (χ2n) is 8.26. The van der Waals surface area contributed by atoms with Crippen molar-refractivity contribution >= 4 is 11.9 Å². The van der Waals surface area contributed by atoms with E-state index in [0.717, 1.165) is 30.0 Å². The van der Waals surface area contributed by atoms with Crippen molar-refractivity contribution in [3.05, 3.63) is 72.1 Å². The molecule has 3 heterocycles. The van der Waals surface area contributed by atoms with Gasteiger partial charge in [-0.05, 0) is 23.3 Å². The fraction of sp³-hybridized carbons (Fsp3) is 0.375. The van der Waals surface area contributed by atoms with Gasteiger partial charge in [-0.1, -0.05) is 42.5 Å². The lowest BCUT2D eigenvalue weighted by atomic mass is 9.88. The minimum atomic E-state index is -0.288. The van der Waals surface area contributed by atoms with Crippen molar-refractivity contribution in [1.29, 1.82) is 0 Å². The van der Waals surface area contributed by atoms with Crippen LogP contribution in [0.15, 0.2) is 60.9 Å². The molecule has 1 fully saturated rings. The largest absolute Gasteiger partial charge is 0.497 e. The van der Waals surface area contributed by atoms with Gasteiger partial charge in [0.05, 0.1) is 39.0 Å². The van der Waals surface area contributed by atoms with Gasteiger partial charge < -0.3 is 20.1 Å². The molecule has 0 radical (unpaired) electrons. The molecule has 0 unspecified atom stereocenters. The molecule has 2 aliphatic heterocycles. The molecule has 2 N–H and O–H groups in total. The molecule has 33 heavy (non-hydrogen) atoms. The first-order valence-corrected chi connectivity index (χ1v) is 11.2. The second-order valence-corrected chi connectivity index (χ2v) is 8.26. The second kappa shape index (κ2) is 9.60. The van der Waals surface area contributed by atoms with Crippen LogP contribution < -0.4 is 15.4 Å². The number of rotatable bonds is 6. The number of aromatic nitrogens is 3. The van der Waals surface area contributed by atoms with Crippen LogP contribution in [-0.4, -0.2) is 71.6 Å². The maximum Gasteiger partial charge on any atom is 0.234 e. The molecule has 2 aromatic carbocycles. The highest BCUT2D eigenvalue weighted by Crippen LogP contribution is 2.38. The summed E-state index contributed by atoms with van der Waals surface area (Å²) in [6.45, 7) is 3.16. The number of amides is 1. The lowest BCUT2D eigenvalue weighted by molar-refractivity contribution is -0.124. The fourth-order valence-electron chi connectivity index (χ4n) is 4.58. The Morgan fingerprint density at radius 2 is 1.88 bits per heavy atom. The molecule has 5 rings (SSSR count). The predicted molar refractivity (Wildman–Crippen MR) is 123 cm³/mol. The monoisotopic (exact) mass is 448 g/mol. The summed E-state index contributed by atoms with van der Waals surface area (Å²) in [5, 5.41) is 11.3. The standard InChI is InChI=1S/C24H28N6O3/c1-32-19-9-7-17(8-10-19)21-22(27-20(31)15-29-11-13-33-14-12-29)23(18-5-3-2-4-6-18)30-24(28-21)25-16-26-30/h2-10,16,21-23H,11-15H2,1H3,(H,27,31)(H,25,26,28)/t21-,22-,23-/m0/s1. The zero-order valence-electron chi connectivity index (χ0n) is 18.6. The van der Waals surface area contributed by atoms with Crippen LogP contribution in [0.5, 0.6) is 5.75 Å². The molecule has 0 bridgehead atoms. The molecule has 0 saturated carbocycles. The molecule has 2 aliphatic rings. The summed E-state index contributed by atoms with van der Waals surface area (Å²) >= 11 is 0. The lowest BCUT2D eigenvalue weighted by Crippen LogP contribution is -2.53. The maximum absolute atomic E-state index is 13.2. The average Bonchev–Trinajstić information content (AvgIpc) is 3.33. The van der Waals surface area contributed by atoms with Gasteiger partial charge in [-0.2, -0.15) is 10.1 Å². The number of carbonyl (C=O) groups is 1. The quantitative estimate of drug-likeness (QED) is 0.595. The number of ether oxygens (including phenoxy) is 2. The Balaban J connectivity index is 1.50. The molecular formula is C24H28N6O3. The highest BCUT2D eigenvalue weighted by molar-refractivity contribution is 5.79. The first kappa shape index (κ1) is 21.4. The molecule has 172 valence electrons. The van der Waals surface area contributed by atoms with Gasteiger partial charge >= 0.3 is 0 Å². The van der Waals surface area contributed by atoms with Gasteiger partial charge in [0, 0.05) is 13.1 Å². The van der Waals surface area contributed by atoms with Crippen molar-refractivity contribution < 1.29 is 14.3 Å². The van der Waals surface area contributed by atoms with Gasteiger partial charge in [0.25, 0.3) is 0 Å². The van der Waals surface area contributed by atoms with Gasteiger partial charge in [0.2, 0.25) is 11.9 Å². The molecule has 9 nitrogen and oxygen atoms in total. The number of carbonyl (C=O) groups excluding carboxylic acids is 1. The van der Waals surface area contributed by atoms with Gasteiger partial charge in [0.15, 0.2) is 0 Å². The summed E-state index contributed by atoms with van der Waals surface area (Å²) in [5.41, 5.74) is 2.09. The summed E-state index contributed by atoms with van der Waals surface area (Å²) in [6.07, 6.45) is 1.54. The maximum atomic E-state index is 13.2. The Morgan fingerprint density at radius 3 is 2.61 bits per heavy atom. The summed E-state index contributed by atoms with van der Waals surface area (Å²) in [7, 11) is 1.65. The van der Waals surface area contributed by atoms with Gasteiger partial charge in [0.1, 0.15) is 18.1 Å². The van der Waals surface area contributed by atoms with Gasteiger partial charge in [-0.3, -0.25) is 9.69 Å². The van der Waals surface area contributed by atoms with E-state index in [9.17, 15) is 4.79 Å². The molecule has 0 aliphatic carbocycles. The first-order chi connectivity index (χ1) is 16.2. The number of nitrogens with zero attached hydrogens (tertiary/aromatic N) is 4. The Labute approximate surface area is 192 Å². The third kappa shape index (κ3) is 4.55. The molecule has 9 heteroatoms. The van der Waals surface area contributed by atoms with E-state index in [1.54, 1.807) is 13.4 Å². The number of fused-ring (bicyclic) bond motifs is 1. The Hall–Kier alpha value is -3.43. The smallest absolute Gasteiger partial charge is 0.234 e. The lowest BCUT2D eigenvalue weighted by Gasteiger charge is -2.40. The summed E-state index contributed by atoms with van der Waals surface area (Å²) in [5.74, 6) is 1.43. The van der Waals surface area contributed by atoms with E-state index in [2.05, 4.69) is 37.7 Å². The van der Waals surface area contributed by atoms with E-state index in [1.165, 1.54) is 0 Å². The number of nitrogens with one attached hydrogen (secondary N) is 2. The van der Waals surface area contributed by atoms with Crippen molar-refractivity contribution in [2.75, 3.05) is 45.3 Å². The number of benzene rings is 2. The van der Waals surface area contributed by atoms with Crippen LogP contribution in [0.1, 0.15) is 23.2 Å². The first-order valence-electron chi connectivity index (χ1n) is 11.2. The number of hydrogen-bond acceptors (Lipinski definition) is 7. The van der Waals surface area contributed by atoms with Crippen molar-refractivity contribution in [3.8, 4) is 5.75 Å². The number of methoxy groups -OCH3 is 1. The summed E-state index contributed by atoms with van der Waals surface area (Å²) in [4.78, 5) is 19.7. The Kier molecular flexibility index (Phi) is 6.23. The van der Waals surface area contributed by atoms with Crippen molar-refractivity contribution in [2.24, 2.45) is 0 Å². The van der Waals surface area contributed by atoms with E-state index in [-0.39, 0.29) is 24.0 Å². The molecule has 1 saturated heterocycles. The average molecular weight is 449 g/mol. The zero-order chi connectivity index (χ0) is 22.6. The number of anilines is 1. The minimum absolute atomic E-state index is 0.0216. The topological polar surface area (TPSA) is 93.5 Å². The van der Waals surface area contributed by atoms with Crippen LogP contribution in [0.4, 0.5) is 5.95 Å². The summed E-state index contributed by atoms with van der Waals surface area (Å²) < 4.78 is 12.6. The van der Waals surface area contributed by atoms with Crippen LogP contribution in [0.25, 0.3) is 0 Å². The van der Waals surface area contributed by atoms with Crippen LogP contribution in [0.3, 0.4) is 0 Å². The number of morpholine rings is 1. The highest BCUT2D eigenvalue weighted by atomic mass is 16.5. The third-order valence-electron chi connectivity index (χ3n) is 6.24. The van der Waals surface area contributed by atoms with Gasteiger partial charge in [-0.25, -0.2) is 4.68 Å². The van der Waals surface area contributed by atoms with Crippen LogP contribution >= 0.6 is 0 Å². The molecule has 1 amide bonds. The van der Waals surface area contributed by atoms with Gasteiger partial charge in [-0.15, -0.1) is 0 Å². The minimum Gasteiger partial charge on any atom is -0.497 e. The molecule has 0 spiro atoms. The van der Waals surface area contributed by atoms with Crippen molar-refractivity contribution in [3.63, 3.8) is 0 Å².